The van der Waals surface area contributed by atoms with Crippen LogP contribution in [0.25, 0.3) is 11.4 Å². The van der Waals surface area contributed by atoms with Gasteiger partial charge in [0.25, 0.3) is 0 Å². The number of nitrogens with zero attached hydrogens (tertiary/aromatic N) is 3. The lowest BCUT2D eigenvalue weighted by Gasteiger charge is -2.19. The number of rotatable bonds is 7. The number of amides is 1. The van der Waals surface area contributed by atoms with Crippen LogP contribution in [0, 0.1) is 0 Å². The lowest BCUT2D eigenvalue weighted by molar-refractivity contribution is -0.113. The van der Waals surface area contributed by atoms with E-state index in [9.17, 15) is 9.59 Å². The molecule has 198 valence electrons. The first-order valence-corrected chi connectivity index (χ1v) is 14.7. The van der Waals surface area contributed by atoms with Crippen LogP contribution in [0.2, 0.25) is 0 Å². The molecule has 0 fully saturated rings. The highest BCUT2D eigenvalue weighted by atomic mass is 32.2. The zero-order valence-electron chi connectivity index (χ0n) is 22.3. The van der Waals surface area contributed by atoms with Gasteiger partial charge < -0.3 is 14.6 Å². The summed E-state index contributed by atoms with van der Waals surface area (Å²) in [6.07, 6.45) is 6.29. The van der Waals surface area contributed by atoms with Crippen LogP contribution in [0.15, 0.2) is 29.4 Å². The van der Waals surface area contributed by atoms with Crippen LogP contribution in [0.4, 0.5) is 5.00 Å². The molecular formula is C28H36N4O3S2. The molecule has 0 bridgehead atoms. The normalized spacial score (nSPS) is 14.0. The number of aromatic nitrogens is 3. The first-order chi connectivity index (χ1) is 17.7. The van der Waals surface area contributed by atoms with Crippen molar-refractivity contribution in [2.24, 2.45) is 0 Å². The van der Waals surface area contributed by atoms with E-state index in [4.69, 9.17) is 4.74 Å². The fourth-order valence-electron chi connectivity index (χ4n) is 4.63. The van der Waals surface area contributed by atoms with E-state index in [0.29, 0.717) is 22.3 Å². The lowest BCUT2D eigenvalue weighted by Crippen LogP contribution is -2.17. The van der Waals surface area contributed by atoms with Crippen molar-refractivity contribution in [2.45, 2.75) is 83.3 Å². The molecule has 1 N–H and O–H groups in total. The number of benzene rings is 1. The first-order valence-electron chi connectivity index (χ1n) is 12.9. The van der Waals surface area contributed by atoms with Gasteiger partial charge >= 0.3 is 5.97 Å². The smallest absolute Gasteiger partial charge is 0.341 e. The highest BCUT2D eigenvalue weighted by Gasteiger charge is 2.26. The third kappa shape index (κ3) is 6.26. The number of esters is 1. The largest absolute Gasteiger partial charge is 0.465 e. The Hall–Kier alpha value is -2.65. The van der Waals surface area contributed by atoms with E-state index < -0.39 is 0 Å². The topological polar surface area (TPSA) is 86.1 Å². The summed E-state index contributed by atoms with van der Waals surface area (Å²) in [5.74, 6) is 0.404. The van der Waals surface area contributed by atoms with E-state index in [1.165, 1.54) is 47.1 Å². The quantitative estimate of drug-likeness (QED) is 0.272. The molecule has 37 heavy (non-hydrogen) atoms. The summed E-state index contributed by atoms with van der Waals surface area (Å²) in [7, 11) is 1.39. The summed E-state index contributed by atoms with van der Waals surface area (Å²) in [4.78, 5) is 26.8. The van der Waals surface area contributed by atoms with E-state index in [-0.39, 0.29) is 23.0 Å². The number of fused-ring (bicyclic) bond motifs is 1. The molecule has 0 saturated carbocycles. The van der Waals surface area contributed by atoms with E-state index >= 15 is 0 Å². The highest BCUT2D eigenvalue weighted by molar-refractivity contribution is 7.99. The Morgan fingerprint density at radius 1 is 1.08 bits per heavy atom. The number of aryl methyl sites for hydroxylation is 1. The molecule has 1 aromatic carbocycles. The van der Waals surface area contributed by atoms with Crippen molar-refractivity contribution in [3.63, 3.8) is 0 Å². The minimum absolute atomic E-state index is 0.0827. The molecule has 0 spiro atoms. The Labute approximate surface area is 227 Å². The van der Waals surface area contributed by atoms with Crippen molar-refractivity contribution >= 4 is 40.0 Å². The highest BCUT2D eigenvalue weighted by Crippen LogP contribution is 2.38. The monoisotopic (exact) mass is 540 g/mol. The molecule has 1 aliphatic carbocycles. The molecule has 4 rings (SSSR count). The number of anilines is 1. The van der Waals surface area contributed by atoms with E-state index in [1.54, 1.807) is 0 Å². The Morgan fingerprint density at radius 2 is 1.78 bits per heavy atom. The van der Waals surface area contributed by atoms with Gasteiger partial charge in [0.15, 0.2) is 11.0 Å². The standard InChI is InChI=1S/C28H36N4O3S2/c1-6-32-24(18-13-15-19(16-14-18)28(2,3)4)30-31-27(32)36-17-22(33)29-25-23(26(34)35-5)20-11-9-7-8-10-12-21(20)37-25/h13-16H,6-12,17H2,1-5H3,(H,29,33). The molecule has 1 aliphatic rings. The predicted octanol–water partition coefficient (Wildman–Crippen LogP) is 6.50. The molecule has 0 unspecified atom stereocenters. The van der Waals surface area contributed by atoms with Gasteiger partial charge in [0.05, 0.1) is 18.4 Å². The van der Waals surface area contributed by atoms with Gasteiger partial charge in [0.2, 0.25) is 5.91 Å². The van der Waals surface area contributed by atoms with Gasteiger partial charge in [-0.15, -0.1) is 21.5 Å². The third-order valence-corrected chi connectivity index (χ3v) is 8.86. The Balaban J connectivity index is 1.48. The summed E-state index contributed by atoms with van der Waals surface area (Å²) >= 11 is 2.86. The second-order valence-corrected chi connectivity index (χ2v) is 12.4. The van der Waals surface area contributed by atoms with Crippen molar-refractivity contribution in [3.05, 3.63) is 45.8 Å². The zero-order valence-corrected chi connectivity index (χ0v) is 24.0. The number of carbonyl (C=O) groups excluding carboxylic acids is 2. The fraction of sp³-hybridized carbons (Fsp3) is 0.500. The molecule has 7 nitrogen and oxygen atoms in total. The maximum Gasteiger partial charge on any atom is 0.341 e. The van der Waals surface area contributed by atoms with Crippen molar-refractivity contribution in [1.82, 2.24) is 14.8 Å². The van der Waals surface area contributed by atoms with Gasteiger partial charge in [-0.05, 0) is 49.1 Å². The molecule has 2 heterocycles. The lowest BCUT2D eigenvalue weighted by atomic mass is 9.87. The van der Waals surface area contributed by atoms with Gasteiger partial charge in [-0.3, -0.25) is 4.79 Å². The van der Waals surface area contributed by atoms with E-state index in [0.717, 1.165) is 49.1 Å². The Kier molecular flexibility index (Phi) is 8.75. The number of thioether (sulfide) groups is 1. The summed E-state index contributed by atoms with van der Waals surface area (Å²) < 4.78 is 7.10. The third-order valence-electron chi connectivity index (χ3n) is 6.69. The van der Waals surface area contributed by atoms with Crippen LogP contribution < -0.4 is 5.32 Å². The van der Waals surface area contributed by atoms with Crippen molar-refractivity contribution < 1.29 is 14.3 Å². The maximum atomic E-state index is 13.0. The van der Waals surface area contributed by atoms with Crippen LogP contribution >= 0.6 is 23.1 Å². The number of carbonyl (C=O) groups is 2. The van der Waals surface area contributed by atoms with Gasteiger partial charge in [0, 0.05) is 17.0 Å². The number of hydrogen-bond donors (Lipinski definition) is 1. The second kappa shape index (κ2) is 11.8. The van der Waals surface area contributed by atoms with Crippen LogP contribution in [0.5, 0.6) is 0 Å². The Morgan fingerprint density at radius 3 is 2.43 bits per heavy atom. The maximum absolute atomic E-state index is 13.0. The zero-order chi connectivity index (χ0) is 26.6. The summed E-state index contributed by atoms with van der Waals surface area (Å²) in [6, 6.07) is 8.42. The SMILES string of the molecule is CCn1c(SCC(=O)Nc2sc3c(c2C(=O)OC)CCCCCC3)nnc1-c1ccc(C(C)(C)C)cc1. The average molecular weight is 541 g/mol. The molecule has 2 aromatic heterocycles. The molecule has 0 atom stereocenters. The van der Waals surface area contributed by atoms with E-state index in [2.05, 4.69) is 60.6 Å². The number of hydrogen-bond acceptors (Lipinski definition) is 7. The minimum Gasteiger partial charge on any atom is -0.465 e. The average Bonchev–Trinajstić information content (AvgIpc) is 3.42. The summed E-state index contributed by atoms with van der Waals surface area (Å²) in [6.45, 7) is 9.32. The fourth-order valence-corrected chi connectivity index (χ4v) is 6.73. The molecule has 9 heteroatoms. The van der Waals surface area contributed by atoms with Gasteiger partial charge in [-0.2, -0.15) is 0 Å². The van der Waals surface area contributed by atoms with Crippen LogP contribution in [0.1, 0.15) is 79.7 Å². The molecule has 3 aromatic rings. The first kappa shape index (κ1) is 27.4. The predicted molar refractivity (Wildman–Crippen MR) is 151 cm³/mol. The summed E-state index contributed by atoms with van der Waals surface area (Å²) in [5.41, 5.74) is 3.92. The summed E-state index contributed by atoms with van der Waals surface area (Å²) in [5, 5.41) is 13.1. The van der Waals surface area contributed by atoms with Crippen molar-refractivity contribution in [1.29, 1.82) is 0 Å². The molecule has 0 aliphatic heterocycles. The molecule has 0 saturated heterocycles. The molecule has 1 amide bonds. The number of ether oxygens (including phenoxy) is 1. The minimum atomic E-state index is -0.381. The van der Waals surface area contributed by atoms with Gasteiger partial charge in [-0.25, -0.2) is 4.79 Å². The molecule has 0 radical (unpaired) electrons. The van der Waals surface area contributed by atoms with Gasteiger partial charge in [-0.1, -0.05) is 69.6 Å². The van der Waals surface area contributed by atoms with Crippen LogP contribution in [-0.2, 0) is 34.3 Å². The molecular weight excluding hydrogens is 504 g/mol. The number of thiophene rings is 1. The van der Waals surface area contributed by atoms with E-state index in [1.807, 2.05) is 11.5 Å². The second-order valence-electron chi connectivity index (χ2n) is 10.3. The van der Waals surface area contributed by atoms with Gasteiger partial charge in [0.1, 0.15) is 5.00 Å². The van der Waals surface area contributed by atoms with Crippen molar-refractivity contribution in [2.75, 3.05) is 18.2 Å². The number of methoxy groups -OCH3 is 1. The number of nitrogens with one attached hydrogen (secondary N) is 1. The van der Waals surface area contributed by atoms with Crippen LogP contribution in [0.3, 0.4) is 0 Å². The van der Waals surface area contributed by atoms with Crippen LogP contribution in [-0.4, -0.2) is 39.5 Å². The Bertz CT molecular complexity index is 1260. The van der Waals surface area contributed by atoms with Crippen molar-refractivity contribution in [3.8, 4) is 11.4 Å².